The van der Waals surface area contributed by atoms with Crippen molar-refractivity contribution in [2.75, 3.05) is 17.6 Å². The molecule has 0 aliphatic carbocycles. The maximum atomic E-state index is 10.4. The summed E-state index contributed by atoms with van der Waals surface area (Å²) in [5.41, 5.74) is 0. The number of thioether (sulfide) groups is 1. The fourth-order valence-electron chi connectivity index (χ4n) is 1.69. The van der Waals surface area contributed by atoms with Crippen LogP contribution in [0.3, 0.4) is 0 Å². The standard InChI is InChI=1S/C13H23N3O2S2/c1-10(2)7-5-3-4-6-8-14-12-15-16-13(20-12)19-9-11(17)18/h10H,3-9H2,1-2H3,(H,14,15)(H,17,18). The summed E-state index contributed by atoms with van der Waals surface area (Å²) in [6.07, 6.45) is 6.28. The number of hydrogen-bond donors (Lipinski definition) is 2. The number of carboxylic acid groups (broad SMARTS) is 1. The second kappa shape index (κ2) is 9.99. The molecule has 0 aliphatic rings. The van der Waals surface area contributed by atoms with E-state index >= 15 is 0 Å². The van der Waals surface area contributed by atoms with Gasteiger partial charge in [0.05, 0.1) is 5.75 Å². The zero-order chi connectivity index (χ0) is 14.8. The third kappa shape index (κ3) is 8.37. The van der Waals surface area contributed by atoms with E-state index in [1.54, 1.807) is 0 Å². The molecular formula is C13H23N3O2S2. The highest BCUT2D eigenvalue weighted by molar-refractivity contribution is 8.01. The van der Waals surface area contributed by atoms with E-state index in [2.05, 4.69) is 29.4 Å². The molecule has 0 saturated heterocycles. The summed E-state index contributed by atoms with van der Waals surface area (Å²) in [7, 11) is 0. The molecule has 5 nitrogen and oxygen atoms in total. The molecule has 0 spiro atoms. The van der Waals surface area contributed by atoms with Gasteiger partial charge in [-0.05, 0) is 12.3 Å². The molecule has 0 unspecified atom stereocenters. The van der Waals surface area contributed by atoms with Crippen LogP contribution in [0.15, 0.2) is 4.34 Å². The number of unbranched alkanes of at least 4 members (excludes halogenated alkanes) is 3. The maximum absolute atomic E-state index is 10.4. The molecular weight excluding hydrogens is 294 g/mol. The van der Waals surface area contributed by atoms with Crippen molar-refractivity contribution in [3.63, 3.8) is 0 Å². The molecule has 1 aromatic rings. The van der Waals surface area contributed by atoms with E-state index in [1.165, 1.54) is 48.8 Å². The first-order valence-electron chi connectivity index (χ1n) is 7.00. The van der Waals surface area contributed by atoms with Gasteiger partial charge in [-0.1, -0.05) is 62.6 Å². The highest BCUT2D eigenvalue weighted by Gasteiger charge is 2.06. The average molecular weight is 317 g/mol. The highest BCUT2D eigenvalue weighted by Crippen LogP contribution is 2.25. The van der Waals surface area contributed by atoms with Crippen molar-refractivity contribution in [2.24, 2.45) is 5.92 Å². The third-order valence-corrected chi connectivity index (χ3v) is 4.71. The Balaban J connectivity index is 2.06. The van der Waals surface area contributed by atoms with Crippen LogP contribution in [-0.2, 0) is 4.79 Å². The van der Waals surface area contributed by atoms with Gasteiger partial charge in [0.1, 0.15) is 0 Å². The van der Waals surface area contributed by atoms with Gasteiger partial charge in [-0.2, -0.15) is 0 Å². The monoisotopic (exact) mass is 317 g/mol. The quantitative estimate of drug-likeness (QED) is 0.478. The molecule has 0 aromatic carbocycles. The SMILES string of the molecule is CC(C)CCCCCCNc1nnc(SCC(=O)O)s1. The summed E-state index contributed by atoms with van der Waals surface area (Å²) in [6, 6.07) is 0. The van der Waals surface area contributed by atoms with E-state index in [4.69, 9.17) is 5.11 Å². The van der Waals surface area contributed by atoms with Crippen LogP contribution in [0.5, 0.6) is 0 Å². The zero-order valence-electron chi connectivity index (χ0n) is 12.1. The summed E-state index contributed by atoms with van der Waals surface area (Å²) in [5, 5.41) is 20.5. The predicted molar refractivity (Wildman–Crippen MR) is 84.7 cm³/mol. The normalized spacial score (nSPS) is 10.9. The van der Waals surface area contributed by atoms with E-state index in [9.17, 15) is 4.79 Å². The van der Waals surface area contributed by atoms with Crippen LogP contribution < -0.4 is 5.32 Å². The number of aromatic nitrogens is 2. The summed E-state index contributed by atoms with van der Waals surface area (Å²) in [5.74, 6) is 0.00199. The van der Waals surface area contributed by atoms with E-state index in [0.717, 1.165) is 24.0 Å². The summed E-state index contributed by atoms with van der Waals surface area (Å²) >= 11 is 2.62. The Hall–Kier alpha value is -0.820. The number of hydrogen-bond acceptors (Lipinski definition) is 6. The van der Waals surface area contributed by atoms with Gasteiger partial charge in [-0.3, -0.25) is 4.79 Å². The number of carboxylic acids is 1. The minimum atomic E-state index is -0.832. The fraction of sp³-hybridized carbons (Fsp3) is 0.769. The molecule has 0 bridgehead atoms. The van der Waals surface area contributed by atoms with E-state index in [-0.39, 0.29) is 5.75 Å². The molecule has 2 N–H and O–H groups in total. The van der Waals surface area contributed by atoms with E-state index in [0.29, 0.717) is 4.34 Å². The fourth-order valence-corrected chi connectivity index (χ4v) is 3.19. The second-order valence-corrected chi connectivity index (χ2v) is 7.28. The van der Waals surface area contributed by atoms with Gasteiger partial charge in [0.25, 0.3) is 0 Å². The maximum Gasteiger partial charge on any atom is 0.313 e. The van der Waals surface area contributed by atoms with Crippen molar-refractivity contribution < 1.29 is 9.90 Å². The number of anilines is 1. The summed E-state index contributed by atoms with van der Waals surface area (Å²) in [6.45, 7) is 5.42. The zero-order valence-corrected chi connectivity index (χ0v) is 13.7. The Morgan fingerprint density at radius 2 is 2.05 bits per heavy atom. The van der Waals surface area contributed by atoms with Gasteiger partial charge in [-0.25, -0.2) is 0 Å². The molecule has 0 amide bonds. The minimum Gasteiger partial charge on any atom is -0.481 e. The van der Waals surface area contributed by atoms with Crippen LogP contribution in [0.1, 0.15) is 46.0 Å². The molecule has 0 fully saturated rings. The number of rotatable bonds is 11. The van der Waals surface area contributed by atoms with Crippen molar-refractivity contribution in [3.8, 4) is 0 Å². The van der Waals surface area contributed by atoms with Gasteiger partial charge in [0, 0.05) is 6.54 Å². The van der Waals surface area contributed by atoms with Crippen molar-refractivity contribution in [3.05, 3.63) is 0 Å². The number of nitrogens with zero attached hydrogens (tertiary/aromatic N) is 2. The van der Waals surface area contributed by atoms with Crippen LogP contribution in [0.4, 0.5) is 5.13 Å². The van der Waals surface area contributed by atoms with Crippen LogP contribution in [0.25, 0.3) is 0 Å². The predicted octanol–water partition coefficient (Wildman–Crippen LogP) is 3.73. The molecule has 0 saturated carbocycles. The Bertz CT molecular complexity index is 397. The van der Waals surface area contributed by atoms with E-state index in [1.807, 2.05) is 0 Å². The lowest BCUT2D eigenvalue weighted by molar-refractivity contribution is -0.133. The average Bonchev–Trinajstić information content (AvgIpc) is 2.83. The van der Waals surface area contributed by atoms with Crippen LogP contribution in [0, 0.1) is 5.92 Å². The lowest BCUT2D eigenvalue weighted by Crippen LogP contribution is -2.00. The van der Waals surface area contributed by atoms with Crippen molar-refractivity contribution in [2.45, 2.75) is 50.3 Å². The Morgan fingerprint density at radius 3 is 2.75 bits per heavy atom. The van der Waals surface area contributed by atoms with Crippen molar-refractivity contribution >= 4 is 34.2 Å². The molecule has 0 aliphatic heterocycles. The first kappa shape index (κ1) is 17.2. The first-order valence-corrected chi connectivity index (χ1v) is 8.80. The number of carbonyl (C=O) groups is 1. The molecule has 1 rings (SSSR count). The van der Waals surface area contributed by atoms with Crippen LogP contribution in [-0.4, -0.2) is 33.6 Å². The lowest BCUT2D eigenvalue weighted by Gasteiger charge is -2.04. The Morgan fingerprint density at radius 1 is 1.30 bits per heavy atom. The van der Waals surface area contributed by atoms with Gasteiger partial charge in [0.15, 0.2) is 4.34 Å². The van der Waals surface area contributed by atoms with Gasteiger partial charge in [-0.15, -0.1) is 10.2 Å². The summed E-state index contributed by atoms with van der Waals surface area (Å²) in [4.78, 5) is 10.4. The van der Waals surface area contributed by atoms with Crippen molar-refractivity contribution in [1.82, 2.24) is 10.2 Å². The molecule has 7 heteroatoms. The molecule has 0 radical (unpaired) electrons. The Labute approximate surface area is 128 Å². The smallest absolute Gasteiger partial charge is 0.313 e. The lowest BCUT2D eigenvalue weighted by atomic mass is 10.0. The molecule has 0 atom stereocenters. The third-order valence-electron chi connectivity index (χ3n) is 2.71. The molecule has 1 aromatic heterocycles. The van der Waals surface area contributed by atoms with Crippen LogP contribution in [0.2, 0.25) is 0 Å². The first-order chi connectivity index (χ1) is 9.58. The van der Waals surface area contributed by atoms with Gasteiger partial charge < -0.3 is 10.4 Å². The second-order valence-electron chi connectivity index (χ2n) is 5.08. The topological polar surface area (TPSA) is 75.1 Å². The molecule has 1 heterocycles. The summed E-state index contributed by atoms with van der Waals surface area (Å²) < 4.78 is 0.701. The Kier molecular flexibility index (Phi) is 8.60. The highest BCUT2D eigenvalue weighted by atomic mass is 32.2. The largest absolute Gasteiger partial charge is 0.481 e. The van der Waals surface area contributed by atoms with Gasteiger partial charge >= 0.3 is 5.97 Å². The number of aliphatic carboxylic acids is 1. The molecule has 114 valence electrons. The minimum absolute atomic E-state index is 0.0322. The van der Waals surface area contributed by atoms with Crippen LogP contribution >= 0.6 is 23.1 Å². The number of nitrogens with one attached hydrogen (secondary N) is 1. The van der Waals surface area contributed by atoms with Crippen molar-refractivity contribution in [1.29, 1.82) is 0 Å². The van der Waals surface area contributed by atoms with Gasteiger partial charge in [0.2, 0.25) is 5.13 Å². The molecule has 20 heavy (non-hydrogen) atoms. The van der Waals surface area contributed by atoms with E-state index < -0.39 is 5.97 Å².